The highest BCUT2D eigenvalue weighted by Gasteiger charge is 2.17. The number of ether oxygens (including phenoxy) is 3. The molecule has 1 aromatic carbocycles. The summed E-state index contributed by atoms with van der Waals surface area (Å²) < 4.78 is 14.4. The molecular weight excluding hydrogens is 294 g/mol. The fraction of sp³-hybridized carbons (Fsp3) is 0.429. The topological polar surface area (TPSA) is 105 Å². The number of esters is 1. The predicted octanol–water partition coefficient (Wildman–Crippen LogP) is 3.05. The summed E-state index contributed by atoms with van der Waals surface area (Å²) >= 11 is 0. The first-order valence-corrected chi connectivity index (χ1v) is 6.60. The van der Waals surface area contributed by atoms with Gasteiger partial charge in [0.2, 0.25) is 6.29 Å². The van der Waals surface area contributed by atoms with E-state index in [1.807, 2.05) is 13.8 Å². The fourth-order valence-corrected chi connectivity index (χ4v) is 1.48. The van der Waals surface area contributed by atoms with E-state index in [1.54, 1.807) is 0 Å². The van der Waals surface area contributed by atoms with Crippen LogP contribution in [0.3, 0.4) is 0 Å². The Balaban J connectivity index is 2.45. The molecule has 0 spiro atoms. The summed E-state index contributed by atoms with van der Waals surface area (Å²) in [6, 6.07) is 4.90. The van der Waals surface area contributed by atoms with E-state index in [1.165, 1.54) is 31.2 Å². The number of carbonyl (C=O) groups excluding carboxylic acids is 2. The van der Waals surface area contributed by atoms with Gasteiger partial charge < -0.3 is 14.2 Å². The molecule has 0 amide bonds. The van der Waals surface area contributed by atoms with Crippen molar-refractivity contribution >= 4 is 17.8 Å². The van der Waals surface area contributed by atoms with Gasteiger partial charge >= 0.3 is 12.1 Å². The fourth-order valence-electron chi connectivity index (χ4n) is 1.48. The van der Waals surface area contributed by atoms with Gasteiger partial charge in [-0.25, -0.2) is 4.79 Å². The lowest BCUT2D eigenvalue weighted by Crippen LogP contribution is -2.24. The normalized spacial score (nSPS) is 11.6. The molecule has 0 saturated heterocycles. The molecule has 0 aromatic heterocycles. The zero-order valence-corrected chi connectivity index (χ0v) is 12.5. The molecule has 0 fully saturated rings. The Morgan fingerprint density at radius 1 is 1.14 bits per heavy atom. The minimum Gasteiger partial charge on any atom is -0.425 e. The van der Waals surface area contributed by atoms with Crippen LogP contribution < -0.4 is 4.74 Å². The summed E-state index contributed by atoms with van der Waals surface area (Å²) in [6.45, 7) is 5.10. The van der Waals surface area contributed by atoms with E-state index in [9.17, 15) is 19.7 Å². The third-order valence-corrected chi connectivity index (χ3v) is 2.38. The van der Waals surface area contributed by atoms with Crippen molar-refractivity contribution in [1.29, 1.82) is 0 Å². The Morgan fingerprint density at radius 2 is 1.73 bits per heavy atom. The smallest absolute Gasteiger partial charge is 0.425 e. The number of benzene rings is 1. The van der Waals surface area contributed by atoms with Gasteiger partial charge in [-0.05, 0) is 18.1 Å². The highest BCUT2D eigenvalue weighted by Crippen LogP contribution is 2.18. The van der Waals surface area contributed by atoms with Gasteiger partial charge in [-0.2, -0.15) is 0 Å². The van der Waals surface area contributed by atoms with Gasteiger partial charge in [0.25, 0.3) is 5.69 Å². The number of rotatable bonds is 6. The highest BCUT2D eigenvalue weighted by atomic mass is 16.8. The molecule has 22 heavy (non-hydrogen) atoms. The van der Waals surface area contributed by atoms with Crippen LogP contribution >= 0.6 is 0 Å². The lowest BCUT2D eigenvalue weighted by molar-refractivity contribution is -0.384. The summed E-state index contributed by atoms with van der Waals surface area (Å²) in [5.41, 5.74) is -0.128. The van der Waals surface area contributed by atoms with Gasteiger partial charge in [0.1, 0.15) is 5.75 Å². The van der Waals surface area contributed by atoms with Crippen molar-refractivity contribution in [2.45, 2.75) is 33.5 Å². The van der Waals surface area contributed by atoms with E-state index in [0.29, 0.717) is 0 Å². The van der Waals surface area contributed by atoms with Crippen molar-refractivity contribution in [3.05, 3.63) is 34.4 Å². The molecule has 0 saturated carbocycles. The van der Waals surface area contributed by atoms with Gasteiger partial charge in [-0.3, -0.25) is 14.9 Å². The number of hydrogen-bond acceptors (Lipinski definition) is 7. The second-order valence-corrected chi connectivity index (χ2v) is 4.88. The number of nitrogens with zero attached hydrogens (tertiary/aromatic N) is 1. The molecule has 0 N–H and O–H groups in total. The molecule has 8 nitrogen and oxygen atoms in total. The molecule has 1 rings (SSSR count). The largest absolute Gasteiger partial charge is 0.516 e. The summed E-state index contributed by atoms with van der Waals surface area (Å²) in [7, 11) is 0. The molecular formula is C14H17NO7. The van der Waals surface area contributed by atoms with Gasteiger partial charge in [-0.15, -0.1) is 0 Å². The summed E-state index contributed by atoms with van der Waals surface area (Å²) in [4.78, 5) is 32.8. The Morgan fingerprint density at radius 3 is 2.23 bits per heavy atom. The molecule has 0 aliphatic carbocycles. The Hall–Kier alpha value is -2.64. The Kier molecular flexibility index (Phi) is 6.30. The van der Waals surface area contributed by atoms with Crippen molar-refractivity contribution in [2.24, 2.45) is 5.92 Å². The number of nitro groups is 1. The van der Waals surface area contributed by atoms with Crippen LogP contribution in [-0.4, -0.2) is 23.3 Å². The number of hydrogen-bond donors (Lipinski definition) is 0. The molecule has 0 heterocycles. The van der Waals surface area contributed by atoms with Gasteiger partial charge in [0, 0.05) is 25.5 Å². The lowest BCUT2D eigenvalue weighted by atomic mass is 10.1. The molecule has 0 bridgehead atoms. The van der Waals surface area contributed by atoms with Gasteiger partial charge in [0.15, 0.2) is 0 Å². The van der Waals surface area contributed by atoms with Crippen molar-refractivity contribution in [1.82, 2.24) is 0 Å². The van der Waals surface area contributed by atoms with Crippen molar-refractivity contribution < 1.29 is 28.7 Å². The molecule has 1 aromatic rings. The maximum absolute atomic E-state index is 11.5. The second kappa shape index (κ2) is 7.96. The van der Waals surface area contributed by atoms with Crippen LogP contribution in [0.15, 0.2) is 24.3 Å². The van der Waals surface area contributed by atoms with Crippen molar-refractivity contribution in [3.63, 3.8) is 0 Å². The van der Waals surface area contributed by atoms with Crippen molar-refractivity contribution in [2.75, 3.05) is 0 Å². The summed E-state index contributed by atoms with van der Waals surface area (Å²) in [6.07, 6.45) is -1.94. The Labute approximate surface area is 127 Å². The molecule has 0 radical (unpaired) electrons. The number of nitro benzene ring substituents is 1. The lowest BCUT2D eigenvalue weighted by Gasteiger charge is -2.14. The summed E-state index contributed by atoms with van der Waals surface area (Å²) in [5.74, 6) is -0.270. The number of non-ortho nitro benzene ring substituents is 1. The van der Waals surface area contributed by atoms with E-state index in [2.05, 4.69) is 0 Å². The zero-order valence-electron chi connectivity index (χ0n) is 12.5. The monoisotopic (exact) mass is 311 g/mol. The van der Waals surface area contributed by atoms with E-state index in [4.69, 9.17) is 14.2 Å². The first kappa shape index (κ1) is 17.4. The predicted molar refractivity (Wildman–Crippen MR) is 75.2 cm³/mol. The molecule has 0 aliphatic rings. The van der Waals surface area contributed by atoms with Crippen molar-refractivity contribution in [3.8, 4) is 5.75 Å². The minimum atomic E-state index is -1.09. The van der Waals surface area contributed by atoms with E-state index in [0.717, 1.165) is 0 Å². The van der Waals surface area contributed by atoms with Crippen LogP contribution in [0, 0.1) is 16.0 Å². The standard InChI is InChI=1S/C14H17NO7/c1-9(2)8-13(16)20-10(3)21-14(17)22-12-6-4-11(5-7-12)15(18)19/h4-7,9-10H,8H2,1-3H3. The molecule has 120 valence electrons. The van der Waals surface area contributed by atoms with E-state index >= 15 is 0 Å². The average molecular weight is 311 g/mol. The first-order valence-electron chi connectivity index (χ1n) is 6.60. The molecule has 8 heteroatoms. The summed E-state index contributed by atoms with van der Waals surface area (Å²) in [5, 5.41) is 10.5. The highest BCUT2D eigenvalue weighted by molar-refractivity contribution is 5.70. The third kappa shape index (κ3) is 6.21. The van der Waals surface area contributed by atoms with Crippen LogP contribution in [-0.2, 0) is 14.3 Å². The van der Waals surface area contributed by atoms with Gasteiger partial charge in [-0.1, -0.05) is 13.8 Å². The second-order valence-electron chi connectivity index (χ2n) is 4.88. The SMILES string of the molecule is CC(C)CC(=O)OC(C)OC(=O)Oc1ccc([N+](=O)[O-])cc1. The van der Waals surface area contributed by atoms with E-state index < -0.39 is 23.3 Å². The molecule has 0 aliphatic heterocycles. The molecule has 1 atom stereocenters. The van der Waals surface area contributed by atoms with Gasteiger partial charge in [0.05, 0.1) is 4.92 Å². The Bertz CT molecular complexity index is 539. The van der Waals surface area contributed by atoms with Crippen LogP contribution in [0.4, 0.5) is 10.5 Å². The minimum absolute atomic E-state index is 0.0799. The maximum atomic E-state index is 11.5. The van der Waals surface area contributed by atoms with Crippen LogP contribution in [0.2, 0.25) is 0 Å². The van der Waals surface area contributed by atoms with E-state index in [-0.39, 0.29) is 23.8 Å². The number of carbonyl (C=O) groups is 2. The maximum Gasteiger partial charge on any atom is 0.516 e. The molecule has 1 unspecified atom stereocenters. The van der Waals surface area contributed by atoms with Crippen LogP contribution in [0.25, 0.3) is 0 Å². The zero-order chi connectivity index (χ0) is 16.7. The van der Waals surface area contributed by atoms with Crippen LogP contribution in [0.5, 0.6) is 5.75 Å². The first-order chi connectivity index (χ1) is 10.3. The quantitative estimate of drug-likeness (QED) is 0.261. The third-order valence-electron chi connectivity index (χ3n) is 2.38. The van der Waals surface area contributed by atoms with Crippen LogP contribution in [0.1, 0.15) is 27.2 Å². The average Bonchev–Trinajstić information content (AvgIpc) is 2.37.